The van der Waals surface area contributed by atoms with Crippen molar-refractivity contribution in [3.8, 4) is 5.75 Å². The van der Waals surface area contributed by atoms with Gasteiger partial charge in [0.2, 0.25) is 0 Å². The van der Waals surface area contributed by atoms with Crippen molar-refractivity contribution in [2.45, 2.75) is 51.2 Å². The Morgan fingerprint density at radius 1 is 0.882 bits per heavy atom. The van der Waals surface area contributed by atoms with Crippen molar-refractivity contribution >= 4 is 0 Å². The number of phenols is 1. The molecule has 0 amide bonds. The maximum Gasteiger partial charge on any atom is 0.115 e. The molecule has 2 unspecified atom stereocenters. The van der Waals surface area contributed by atoms with E-state index in [9.17, 15) is 15.3 Å². The summed E-state index contributed by atoms with van der Waals surface area (Å²) in [5, 5.41) is 29.9. The molecule has 180 valence electrons. The molecule has 3 aromatic carbocycles. The second kappa shape index (κ2) is 11.7. The fourth-order valence-electron chi connectivity index (χ4n) is 5.33. The fourth-order valence-corrected chi connectivity index (χ4v) is 5.33. The van der Waals surface area contributed by atoms with Crippen LogP contribution in [0.15, 0.2) is 72.8 Å². The monoisotopic (exact) mass is 459 g/mol. The van der Waals surface area contributed by atoms with Crippen molar-refractivity contribution in [2.24, 2.45) is 5.92 Å². The van der Waals surface area contributed by atoms with Gasteiger partial charge in [0, 0.05) is 5.92 Å². The largest absolute Gasteiger partial charge is 0.508 e. The number of rotatable bonds is 9. The standard InChI is InChI=1S/C30H37NO3/c1-22-9-10-26(20-27(22)21-32)29(34)8-5-17-31-18-15-25(16-19-31)30(23-6-3-2-4-7-23)24-11-13-28(33)14-12-24/h2-4,6-7,9-14,20,25,29-30,32-34H,5,8,15-19,21H2,1H3. The Morgan fingerprint density at radius 3 is 2.21 bits per heavy atom. The second-order valence-corrected chi connectivity index (χ2v) is 9.66. The first-order valence-electron chi connectivity index (χ1n) is 12.5. The van der Waals surface area contributed by atoms with Crippen LogP contribution in [0.5, 0.6) is 5.75 Å². The van der Waals surface area contributed by atoms with Gasteiger partial charge >= 0.3 is 0 Å². The van der Waals surface area contributed by atoms with Crippen LogP contribution in [0.25, 0.3) is 0 Å². The van der Waals surface area contributed by atoms with Crippen LogP contribution < -0.4 is 0 Å². The van der Waals surface area contributed by atoms with Crippen LogP contribution in [0, 0.1) is 12.8 Å². The Bertz CT molecular complexity index is 1030. The normalized spacial score (nSPS) is 16.9. The lowest BCUT2D eigenvalue weighted by atomic mass is 9.76. The zero-order valence-electron chi connectivity index (χ0n) is 20.1. The number of phenolic OH excluding ortho intramolecular Hbond substituents is 1. The highest BCUT2D eigenvalue weighted by Gasteiger charge is 2.28. The number of aromatic hydroxyl groups is 1. The molecule has 3 aromatic rings. The van der Waals surface area contributed by atoms with Gasteiger partial charge in [0.15, 0.2) is 0 Å². The molecule has 0 bridgehead atoms. The molecule has 4 heteroatoms. The van der Waals surface area contributed by atoms with Crippen molar-refractivity contribution < 1.29 is 15.3 Å². The number of aryl methyl sites for hydroxylation is 1. The molecule has 0 spiro atoms. The summed E-state index contributed by atoms with van der Waals surface area (Å²) in [7, 11) is 0. The summed E-state index contributed by atoms with van der Waals surface area (Å²) >= 11 is 0. The van der Waals surface area contributed by atoms with E-state index < -0.39 is 6.10 Å². The van der Waals surface area contributed by atoms with Crippen molar-refractivity contribution in [1.29, 1.82) is 0 Å². The number of benzene rings is 3. The summed E-state index contributed by atoms with van der Waals surface area (Å²) in [6.45, 7) is 5.13. The van der Waals surface area contributed by atoms with E-state index in [4.69, 9.17) is 0 Å². The number of aliphatic hydroxyl groups is 2. The second-order valence-electron chi connectivity index (χ2n) is 9.66. The maximum atomic E-state index is 10.6. The summed E-state index contributed by atoms with van der Waals surface area (Å²) < 4.78 is 0. The lowest BCUT2D eigenvalue weighted by molar-refractivity contribution is 0.139. The third kappa shape index (κ3) is 6.06. The molecule has 1 saturated heterocycles. The highest BCUT2D eigenvalue weighted by atomic mass is 16.3. The number of hydrogen-bond acceptors (Lipinski definition) is 4. The van der Waals surface area contributed by atoms with E-state index in [0.717, 1.165) is 62.0 Å². The Hall–Kier alpha value is -2.66. The lowest BCUT2D eigenvalue weighted by Gasteiger charge is -2.37. The van der Waals surface area contributed by atoms with Gasteiger partial charge in [-0.3, -0.25) is 0 Å². The van der Waals surface area contributed by atoms with E-state index in [-0.39, 0.29) is 6.61 Å². The zero-order chi connectivity index (χ0) is 23.9. The maximum absolute atomic E-state index is 10.6. The van der Waals surface area contributed by atoms with Crippen LogP contribution in [0.2, 0.25) is 0 Å². The van der Waals surface area contributed by atoms with Crippen LogP contribution in [-0.2, 0) is 6.61 Å². The molecule has 4 nitrogen and oxygen atoms in total. The smallest absolute Gasteiger partial charge is 0.115 e. The molecule has 0 aromatic heterocycles. The Labute approximate surface area is 203 Å². The Kier molecular flexibility index (Phi) is 8.39. The van der Waals surface area contributed by atoms with Gasteiger partial charge in [-0.05, 0) is 98.1 Å². The Balaban J connectivity index is 1.31. The minimum atomic E-state index is -0.486. The molecule has 0 saturated carbocycles. The minimum absolute atomic E-state index is 0.00938. The van der Waals surface area contributed by atoms with E-state index in [0.29, 0.717) is 17.6 Å². The molecule has 1 heterocycles. The highest BCUT2D eigenvalue weighted by molar-refractivity contribution is 5.36. The van der Waals surface area contributed by atoms with E-state index in [1.165, 1.54) is 11.1 Å². The molecular formula is C30H37NO3. The van der Waals surface area contributed by atoms with E-state index >= 15 is 0 Å². The molecular weight excluding hydrogens is 422 g/mol. The van der Waals surface area contributed by atoms with Gasteiger partial charge in [-0.1, -0.05) is 60.7 Å². The first-order chi connectivity index (χ1) is 16.5. The number of likely N-dealkylation sites (tertiary alicyclic amines) is 1. The average molecular weight is 460 g/mol. The van der Waals surface area contributed by atoms with Crippen molar-refractivity contribution in [1.82, 2.24) is 4.90 Å². The van der Waals surface area contributed by atoms with E-state index in [2.05, 4.69) is 47.4 Å². The van der Waals surface area contributed by atoms with Gasteiger partial charge in [-0.2, -0.15) is 0 Å². The summed E-state index contributed by atoms with van der Waals surface area (Å²) in [5.41, 5.74) is 5.46. The molecule has 2 atom stereocenters. The quantitative estimate of drug-likeness (QED) is 0.393. The summed E-state index contributed by atoms with van der Waals surface area (Å²) in [6, 6.07) is 24.3. The molecule has 34 heavy (non-hydrogen) atoms. The fraction of sp³-hybridized carbons (Fsp3) is 0.400. The number of nitrogens with zero attached hydrogens (tertiary/aromatic N) is 1. The van der Waals surface area contributed by atoms with Gasteiger partial charge < -0.3 is 20.2 Å². The minimum Gasteiger partial charge on any atom is -0.508 e. The summed E-state index contributed by atoms with van der Waals surface area (Å²) in [4.78, 5) is 2.52. The van der Waals surface area contributed by atoms with E-state index in [1.807, 2.05) is 25.1 Å². The van der Waals surface area contributed by atoms with Crippen LogP contribution in [0.3, 0.4) is 0 Å². The van der Waals surface area contributed by atoms with Crippen molar-refractivity contribution in [3.63, 3.8) is 0 Å². The molecule has 1 aliphatic heterocycles. The van der Waals surface area contributed by atoms with E-state index in [1.54, 1.807) is 12.1 Å². The first kappa shape index (κ1) is 24.5. The topological polar surface area (TPSA) is 63.9 Å². The lowest BCUT2D eigenvalue weighted by Crippen LogP contribution is -2.36. The third-order valence-corrected chi connectivity index (χ3v) is 7.39. The third-order valence-electron chi connectivity index (χ3n) is 7.39. The van der Waals surface area contributed by atoms with Gasteiger partial charge in [-0.25, -0.2) is 0 Å². The zero-order valence-corrected chi connectivity index (χ0v) is 20.1. The molecule has 0 aliphatic carbocycles. The van der Waals surface area contributed by atoms with Crippen molar-refractivity contribution in [3.05, 3.63) is 101 Å². The molecule has 0 radical (unpaired) electrons. The van der Waals surface area contributed by atoms with Gasteiger partial charge in [0.25, 0.3) is 0 Å². The van der Waals surface area contributed by atoms with Gasteiger partial charge in [0.05, 0.1) is 12.7 Å². The number of aliphatic hydroxyl groups excluding tert-OH is 2. The molecule has 4 rings (SSSR count). The van der Waals surface area contributed by atoms with Crippen LogP contribution >= 0.6 is 0 Å². The average Bonchev–Trinajstić information content (AvgIpc) is 2.87. The van der Waals surface area contributed by atoms with Gasteiger partial charge in [-0.15, -0.1) is 0 Å². The molecule has 1 aliphatic rings. The predicted molar refractivity (Wildman–Crippen MR) is 137 cm³/mol. The molecule has 1 fully saturated rings. The van der Waals surface area contributed by atoms with Crippen molar-refractivity contribution in [2.75, 3.05) is 19.6 Å². The van der Waals surface area contributed by atoms with Crippen LogP contribution in [0.4, 0.5) is 0 Å². The summed E-state index contributed by atoms with van der Waals surface area (Å²) in [5.74, 6) is 1.22. The van der Waals surface area contributed by atoms with Crippen LogP contribution in [-0.4, -0.2) is 39.9 Å². The Morgan fingerprint density at radius 2 is 1.53 bits per heavy atom. The summed E-state index contributed by atoms with van der Waals surface area (Å²) in [6.07, 6.45) is 3.48. The highest BCUT2D eigenvalue weighted by Crippen LogP contribution is 2.38. The van der Waals surface area contributed by atoms with Crippen LogP contribution in [0.1, 0.15) is 65.5 Å². The first-order valence-corrected chi connectivity index (χ1v) is 12.5. The number of piperidine rings is 1. The molecule has 3 N–H and O–H groups in total. The number of hydrogen-bond donors (Lipinski definition) is 3. The SMILES string of the molecule is Cc1ccc(C(O)CCCN2CCC(C(c3ccccc3)c3ccc(O)cc3)CC2)cc1CO. The van der Waals surface area contributed by atoms with Gasteiger partial charge in [0.1, 0.15) is 5.75 Å². The predicted octanol–water partition coefficient (Wildman–Crippen LogP) is 5.55.